The fraction of sp³-hybridized carbons (Fsp3) is 0.667. The van der Waals surface area contributed by atoms with E-state index in [1.165, 1.54) is 11.3 Å². The molecule has 2 rings (SSSR count). The van der Waals surface area contributed by atoms with Crippen LogP contribution in [0.25, 0.3) is 0 Å². The molecule has 2 N–H and O–H groups in total. The minimum atomic E-state index is -0.356. The third-order valence-electron chi connectivity index (χ3n) is 5.05. The van der Waals surface area contributed by atoms with Gasteiger partial charge in [0.1, 0.15) is 4.88 Å². The van der Waals surface area contributed by atoms with Crippen molar-refractivity contribution in [1.82, 2.24) is 10.2 Å². The molecule has 1 aromatic rings. The van der Waals surface area contributed by atoms with Crippen LogP contribution in [0.2, 0.25) is 0 Å². The average molecular weight is 424 g/mol. The number of likely N-dealkylation sites (tertiary alicyclic amines) is 1. The lowest BCUT2D eigenvalue weighted by Crippen LogP contribution is -2.43. The van der Waals surface area contributed by atoms with Crippen LogP contribution in [0.1, 0.15) is 61.2 Å². The van der Waals surface area contributed by atoms with Crippen LogP contribution in [0.3, 0.4) is 0 Å². The summed E-state index contributed by atoms with van der Waals surface area (Å²) in [5, 5.41) is 6.55. The zero-order chi connectivity index (χ0) is 21.2. The van der Waals surface area contributed by atoms with E-state index in [1.54, 1.807) is 13.0 Å². The molecule has 0 aromatic carbocycles. The second-order valence-corrected chi connectivity index (χ2v) is 8.49. The summed E-state index contributed by atoms with van der Waals surface area (Å²) in [6.07, 6.45) is 4.86. The number of piperidine rings is 1. The number of carbonyl (C=O) groups excluding carboxylic acids is 3. The van der Waals surface area contributed by atoms with Crippen molar-refractivity contribution in [1.29, 1.82) is 0 Å². The maximum Gasteiger partial charge on any atom is 0.348 e. The lowest BCUT2D eigenvalue weighted by molar-refractivity contribution is -0.126. The fourth-order valence-corrected chi connectivity index (χ4v) is 4.39. The summed E-state index contributed by atoms with van der Waals surface area (Å²) < 4.78 is 5.03. The van der Waals surface area contributed by atoms with Gasteiger partial charge in [0.15, 0.2) is 0 Å². The van der Waals surface area contributed by atoms with E-state index in [0.29, 0.717) is 16.5 Å². The van der Waals surface area contributed by atoms with Gasteiger partial charge in [0.2, 0.25) is 11.8 Å². The molecule has 8 heteroatoms. The second-order valence-electron chi connectivity index (χ2n) is 7.44. The molecule has 0 radical (unpaired) electrons. The van der Waals surface area contributed by atoms with Crippen molar-refractivity contribution in [2.45, 2.75) is 52.9 Å². The number of thiophene rings is 1. The Kier molecular flexibility index (Phi) is 9.60. The van der Waals surface area contributed by atoms with E-state index in [1.807, 2.05) is 6.92 Å². The Morgan fingerprint density at radius 3 is 2.59 bits per heavy atom. The molecule has 2 amide bonds. The van der Waals surface area contributed by atoms with Crippen LogP contribution in [0.5, 0.6) is 0 Å². The van der Waals surface area contributed by atoms with Crippen molar-refractivity contribution in [2.75, 3.05) is 38.1 Å². The van der Waals surface area contributed by atoms with Gasteiger partial charge in [-0.15, -0.1) is 11.3 Å². The molecule has 0 unspecified atom stereocenters. The van der Waals surface area contributed by atoms with E-state index in [2.05, 4.69) is 22.5 Å². The van der Waals surface area contributed by atoms with Crippen molar-refractivity contribution < 1.29 is 19.1 Å². The zero-order valence-corrected chi connectivity index (χ0v) is 18.5. The highest BCUT2D eigenvalue weighted by molar-refractivity contribution is 7.18. The van der Waals surface area contributed by atoms with Crippen molar-refractivity contribution in [2.24, 2.45) is 5.92 Å². The van der Waals surface area contributed by atoms with Gasteiger partial charge in [0.25, 0.3) is 0 Å². The molecule has 0 aliphatic carbocycles. The van der Waals surface area contributed by atoms with E-state index in [0.717, 1.165) is 57.3 Å². The molecular formula is C21H33N3O4S. The van der Waals surface area contributed by atoms with Crippen LogP contribution < -0.4 is 10.6 Å². The molecule has 1 fully saturated rings. The third kappa shape index (κ3) is 7.44. The molecule has 0 atom stereocenters. The summed E-state index contributed by atoms with van der Waals surface area (Å²) in [5.41, 5.74) is 0.800. The number of aryl methyl sites for hydroxylation is 1. The molecule has 1 aliphatic rings. The number of carbonyl (C=O) groups is 3. The Bertz CT molecular complexity index is 696. The standard InChI is InChI=1S/C21H33N3O4S/c1-4-6-7-10-22-20(26)16-8-11-24(12-9-16)14-17(25)23-18-13-15(3)19(29-18)21(27)28-5-2/h13,16H,4-12,14H2,1-3H3,(H,22,26)(H,23,25). The van der Waals surface area contributed by atoms with Gasteiger partial charge in [-0.05, 0) is 57.8 Å². The highest BCUT2D eigenvalue weighted by Gasteiger charge is 2.26. The molecule has 1 saturated heterocycles. The molecule has 0 spiro atoms. The summed E-state index contributed by atoms with van der Waals surface area (Å²) in [6.45, 7) is 8.58. The summed E-state index contributed by atoms with van der Waals surface area (Å²) in [6, 6.07) is 1.80. The van der Waals surface area contributed by atoms with Crippen molar-refractivity contribution in [3.05, 3.63) is 16.5 Å². The number of unbranched alkanes of at least 4 members (excludes halogenated alkanes) is 2. The van der Waals surface area contributed by atoms with Gasteiger partial charge in [0, 0.05) is 12.5 Å². The predicted molar refractivity (Wildman–Crippen MR) is 115 cm³/mol. The lowest BCUT2D eigenvalue weighted by atomic mass is 9.96. The van der Waals surface area contributed by atoms with E-state index in [9.17, 15) is 14.4 Å². The van der Waals surface area contributed by atoms with Gasteiger partial charge in [0.05, 0.1) is 18.2 Å². The quantitative estimate of drug-likeness (QED) is 0.446. The van der Waals surface area contributed by atoms with Crippen LogP contribution in [-0.2, 0) is 14.3 Å². The average Bonchev–Trinajstić information content (AvgIpc) is 3.05. The molecule has 1 aliphatic heterocycles. The summed E-state index contributed by atoms with van der Waals surface area (Å²) in [5.74, 6) is -0.275. The Balaban J connectivity index is 1.74. The van der Waals surface area contributed by atoms with E-state index in [-0.39, 0.29) is 30.2 Å². The highest BCUT2D eigenvalue weighted by Crippen LogP contribution is 2.27. The number of hydrogen-bond acceptors (Lipinski definition) is 6. The number of ether oxygens (including phenoxy) is 1. The second kappa shape index (κ2) is 11.9. The molecule has 29 heavy (non-hydrogen) atoms. The minimum Gasteiger partial charge on any atom is -0.462 e. The van der Waals surface area contributed by atoms with Gasteiger partial charge in [-0.1, -0.05) is 19.8 Å². The minimum absolute atomic E-state index is 0.0445. The van der Waals surface area contributed by atoms with Crippen LogP contribution in [0.15, 0.2) is 6.07 Å². The molecule has 2 heterocycles. The van der Waals surface area contributed by atoms with Gasteiger partial charge in [-0.3, -0.25) is 14.5 Å². The van der Waals surface area contributed by atoms with Gasteiger partial charge < -0.3 is 15.4 Å². The number of amides is 2. The largest absolute Gasteiger partial charge is 0.462 e. The monoisotopic (exact) mass is 423 g/mol. The predicted octanol–water partition coefficient (Wildman–Crippen LogP) is 3.19. The zero-order valence-electron chi connectivity index (χ0n) is 17.7. The molecular weight excluding hydrogens is 390 g/mol. The van der Waals surface area contributed by atoms with Gasteiger partial charge in [-0.2, -0.15) is 0 Å². The first-order valence-corrected chi connectivity index (χ1v) is 11.3. The van der Waals surface area contributed by atoms with Crippen LogP contribution in [-0.4, -0.2) is 55.5 Å². The first-order chi connectivity index (χ1) is 13.9. The van der Waals surface area contributed by atoms with Crippen LogP contribution in [0.4, 0.5) is 5.00 Å². The number of hydrogen-bond donors (Lipinski definition) is 2. The summed E-state index contributed by atoms with van der Waals surface area (Å²) >= 11 is 1.24. The van der Waals surface area contributed by atoms with Gasteiger partial charge >= 0.3 is 5.97 Å². The molecule has 0 saturated carbocycles. The Morgan fingerprint density at radius 1 is 1.21 bits per heavy atom. The first kappa shape index (κ1) is 23.3. The molecule has 1 aromatic heterocycles. The Morgan fingerprint density at radius 2 is 1.93 bits per heavy atom. The van der Waals surface area contributed by atoms with Crippen LogP contribution in [0, 0.1) is 12.8 Å². The van der Waals surface area contributed by atoms with Gasteiger partial charge in [-0.25, -0.2) is 4.79 Å². The first-order valence-electron chi connectivity index (χ1n) is 10.5. The highest BCUT2D eigenvalue weighted by atomic mass is 32.1. The maximum atomic E-state index is 12.4. The Labute approximate surface area is 177 Å². The SMILES string of the molecule is CCCCCNC(=O)C1CCN(CC(=O)Nc2cc(C)c(C(=O)OCC)s2)CC1. The maximum absolute atomic E-state index is 12.4. The number of anilines is 1. The third-order valence-corrected chi connectivity index (χ3v) is 6.18. The number of nitrogens with one attached hydrogen (secondary N) is 2. The lowest BCUT2D eigenvalue weighted by Gasteiger charge is -2.30. The number of nitrogens with zero attached hydrogens (tertiary/aromatic N) is 1. The number of esters is 1. The topological polar surface area (TPSA) is 87.7 Å². The van der Waals surface area contributed by atoms with Crippen molar-refractivity contribution in [3.8, 4) is 0 Å². The number of rotatable bonds is 10. The summed E-state index contributed by atoms with van der Waals surface area (Å²) in [4.78, 5) is 39.1. The molecule has 7 nitrogen and oxygen atoms in total. The van der Waals surface area contributed by atoms with E-state index in [4.69, 9.17) is 4.74 Å². The Hall–Kier alpha value is -1.93. The van der Waals surface area contributed by atoms with E-state index >= 15 is 0 Å². The molecule has 0 bridgehead atoms. The van der Waals surface area contributed by atoms with Crippen LogP contribution >= 0.6 is 11.3 Å². The molecule has 162 valence electrons. The normalized spacial score (nSPS) is 15.1. The fourth-order valence-electron chi connectivity index (χ4n) is 3.41. The van der Waals surface area contributed by atoms with Crippen molar-refractivity contribution in [3.63, 3.8) is 0 Å². The summed E-state index contributed by atoms with van der Waals surface area (Å²) in [7, 11) is 0. The van der Waals surface area contributed by atoms with Crippen molar-refractivity contribution >= 4 is 34.1 Å². The smallest absolute Gasteiger partial charge is 0.348 e. The van der Waals surface area contributed by atoms with E-state index < -0.39 is 0 Å².